The Kier molecular flexibility index (Phi) is 3.54. The molecule has 1 aliphatic rings. The van der Waals surface area contributed by atoms with Gasteiger partial charge in [0.1, 0.15) is 6.04 Å². The third-order valence-corrected chi connectivity index (χ3v) is 4.09. The van der Waals surface area contributed by atoms with Crippen LogP contribution in [-0.2, 0) is 4.79 Å². The van der Waals surface area contributed by atoms with Crippen LogP contribution in [-0.4, -0.2) is 17.5 Å². The predicted octanol–water partition coefficient (Wildman–Crippen LogP) is 2.16. The number of rotatable bonds is 2. The van der Waals surface area contributed by atoms with Crippen LogP contribution in [0.4, 0.5) is 5.69 Å². The van der Waals surface area contributed by atoms with Gasteiger partial charge in [-0.15, -0.1) is 0 Å². The van der Waals surface area contributed by atoms with E-state index in [9.17, 15) is 4.79 Å². The van der Waals surface area contributed by atoms with E-state index in [-0.39, 0.29) is 17.5 Å². The van der Waals surface area contributed by atoms with Crippen LogP contribution in [0.1, 0.15) is 45.6 Å². The van der Waals surface area contributed by atoms with Crippen LogP contribution in [0.5, 0.6) is 0 Å². The number of hydrazine groups is 1. The van der Waals surface area contributed by atoms with Crippen molar-refractivity contribution in [1.82, 2.24) is 5.43 Å². The van der Waals surface area contributed by atoms with Gasteiger partial charge in [-0.05, 0) is 44.7 Å². The zero-order valence-electron chi connectivity index (χ0n) is 12.1. The highest BCUT2D eigenvalue weighted by molar-refractivity contribution is 5.85. The average molecular weight is 261 g/mol. The van der Waals surface area contributed by atoms with E-state index in [2.05, 4.69) is 49.3 Å². The van der Waals surface area contributed by atoms with Crippen molar-refractivity contribution in [3.63, 3.8) is 0 Å². The molecule has 1 heterocycles. The van der Waals surface area contributed by atoms with E-state index in [0.717, 1.165) is 12.1 Å². The van der Waals surface area contributed by atoms with Crippen molar-refractivity contribution in [3.05, 3.63) is 29.8 Å². The first-order valence-corrected chi connectivity index (χ1v) is 6.77. The molecule has 0 bridgehead atoms. The highest BCUT2D eigenvalue weighted by Gasteiger charge is 2.40. The fourth-order valence-corrected chi connectivity index (χ4v) is 3.38. The summed E-state index contributed by atoms with van der Waals surface area (Å²) in [6.07, 6.45) is 1.02. The molecule has 0 aliphatic carbocycles. The smallest absolute Gasteiger partial charge is 0.256 e. The quantitative estimate of drug-likeness (QED) is 0.487. The number of benzene rings is 1. The van der Waals surface area contributed by atoms with Crippen molar-refractivity contribution >= 4 is 11.6 Å². The zero-order valence-corrected chi connectivity index (χ0v) is 12.1. The lowest BCUT2D eigenvalue weighted by molar-refractivity contribution is -0.122. The first kappa shape index (κ1) is 13.9. The summed E-state index contributed by atoms with van der Waals surface area (Å²) in [6.45, 7) is 8.50. The number of para-hydroxylation sites is 1. The highest BCUT2D eigenvalue weighted by Crippen LogP contribution is 2.44. The van der Waals surface area contributed by atoms with E-state index in [1.807, 2.05) is 13.0 Å². The number of nitrogens with two attached hydrogens (primary N) is 1. The number of nitrogens with zero attached hydrogens (tertiary/aromatic N) is 1. The maximum absolute atomic E-state index is 11.9. The molecule has 0 spiro atoms. The highest BCUT2D eigenvalue weighted by atomic mass is 16.2. The molecule has 1 aromatic carbocycles. The van der Waals surface area contributed by atoms with Gasteiger partial charge >= 0.3 is 0 Å². The molecule has 2 atom stereocenters. The molecule has 0 saturated heterocycles. The van der Waals surface area contributed by atoms with Gasteiger partial charge in [0.15, 0.2) is 0 Å². The fraction of sp³-hybridized carbons (Fsp3) is 0.533. The second-order valence-corrected chi connectivity index (χ2v) is 6.03. The van der Waals surface area contributed by atoms with Crippen molar-refractivity contribution in [2.24, 2.45) is 5.84 Å². The van der Waals surface area contributed by atoms with E-state index >= 15 is 0 Å². The number of carbonyl (C=O) groups excluding carboxylic acids is 1. The van der Waals surface area contributed by atoms with E-state index < -0.39 is 0 Å². The Morgan fingerprint density at radius 2 is 2.11 bits per heavy atom. The van der Waals surface area contributed by atoms with Gasteiger partial charge in [-0.3, -0.25) is 10.2 Å². The molecule has 0 aromatic heterocycles. The van der Waals surface area contributed by atoms with Crippen LogP contribution in [0.15, 0.2) is 24.3 Å². The van der Waals surface area contributed by atoms with E-state index in [4.69, 9.17) is 5.84 Å². The lowest BCUT2D eigenvalue weighted by Gasteiger charge is -2.49. The Bertz CT molecular complexity index is 484. The third kappa shape index (κ3) is 2.32. The number of hydrogen-bond donors (Lipinski definition) is 2. The standard InChI is InChI=1S/C15H23N3O/c1-10-9-15(3,4)18(11(2)14(19)17-16)13-8-6-5-7-12(10)13/h5-8,10-11H,9,16H2,1-4H3,(H,17,19)/t10-,11+/m1/s1. The summed E-state index contributed by atoms with van der Waals surface area (Å²) in [7, 11) is 0. The second kappa shape index (κ2) is 4.85. The van der Waals surface area contributed by atoms with Crippen LogP contribution >= 0.6 is 0 Å². The molecule has 104 valence electrons. The number of fused-ring (bicyclic) bond motifs is 1. The van der Waals surface area contributed by atoms with Crippen LogP contribution in [0.25, 0.3) is 0 Å². The van der Waals surface area contributed by atoms with Gasteiger partial charge in [0, 0.05) is 11.2 Å². The molecular weight excluding hydrogens is 238 g/mol. The molecule has 0 radical (unpaired) electrons. The molecule has 0 saturated carbocycles. The maximum atomic E-state index is 11.9. The number of nitrogens with one attached hydrogen (secondary N) is 1. The zero-order chi connectivity index (χ0) is 14.2. The van der Waals surface area contributed by atoms with Crippen molar-refractivity contribution in [3.8, 4) is 0 Å². The predicted molar refractivity (Wildman–Crippen MR) is 77.8 cm³/mol. The fourth-order valence-electron chi connectivity index (χ4n) is 3.38. The molecule has 0 unspecified atom stereocenters. The summed E-state index contributed by atoms with van der Waals surface area (Å²) in [6, 6.07) is 8.03. The van der Waals surface area contributed by atoms with Gasteiger partial charge in [-0.25, -0.2) is 5.84 Å². The van der Waals surface area contributed by atoms with Gasteiger partial charge in [0.2, 0.25) is 0 Å². The summed E-state index contributed by atoms with van der Waals surface area (Å²) in [5.74, 6) is 5.63. The molecule has 4 nitrogen and oxygen atoms in total. The van der Waals surface area contributed by atoms with Crippen LogP contribution in [0, 0.1) is 0 Å². The minimum atomic E-state index is -0.284. The Morgan fingerprint density at radius 3 is 2.74 bits per heavy atom. The molecule has 1 aliphatic heterocycles. The molecule has 19 heavy (non-hydrogen) atoms. The lowest BCUT2D eigenvalue weighted by Crippen LogP contribution is -2.58. The minimum absolute atomic E-state index is 0.0697. The Hall–Kier alpha value is -1.55. The molecule has 2 rings (SSSR count). The van der Waals surface area contributed by atoms with Crippen molar-refractivity contribution in [2.45, 2.75) is 51.6 Å². The van der Waals surface area contributed by atoms with E-state index in [0.29, 0.717) is 5.92 Å². The molecule has 0 fully saturated rings. The number of hydrogen-bond acceptors (Lipinski definition) is 3. The first-order chi connectivity index (χ1) is 8.88. The second-order valence-electron chi connectivity index (χ2n) is 6.03. The third-order valence-electron chi connectivity index (χ3n) is 4.09. The van der Waals surface area contributed by atoms with Crippen LogP contribution in [0.2, 0.25) is 0 Å². The normalized spacial score (nSPS) is 22.6. The average Bonchev–Trinajstić information content (AvgIpc) is 2.36. The molecule has 1 aromatic rings. The first-order valence-electron chi connectivity index (χ1n) is 6.77. The molecule has 4 heteroatoms. The largest absolute Gasteiger partial charge is 0.354 e. The van der Waals surface area contributed by atoms with Gasteiger partial charge < -0.3 is 4.90 Å². The molecule has 1 amide bonds. The van der Waals surface area contributed by atoms with Crippen molar-refractivity contribution in [1.29, 1.82) is 0 Å². The maximum Gasteiger partial charge on any atom is 0.256 e. The number of carbonyl (C=O) groups is 1. The Balaban J connectivity index is 2.50. The molecular formula is C15H23N3O. The van der Waals surface area contributed by atoms with Gasteiger partial charge in [0.05, 0.1) is 0 Å². The Labute approximate surface area is 114 Å². The monoisotopic (exact) mass is 261 g/mol. The van der Waals surface area contributed by atoms with Crippen molar-refractivity contribution < 1.29 is 4.79 Å². The summed E-state index contributed by atoms with van der Waals surface area (Å²) in [4.78, 5) is 14.1. The topological polar surface area (TPSA) is 58.4 Å². The summed E-state index contributed by atoms with van der Waals surface area (Å²) in [5, 5.41) is 0. The summed E-state index contributed by atoms with van der Waals surface area (Å²) in [5.41, 5.74) is 4.64. The number of amides is 1. The van der Waals surface area contributed by atoms with E-state index in [1.165, 1.54) is 5.56 Å². The Morgan fingerprint density at radius 1 is 1.47 bits per heavy atom. The lowest BCUT2D eigenvalue weighted by atomic mass is 9.79. The van der Waals surface area contributed by atoms with Gasteiger partial charge in [-0.2, -0.15) is 0 Å². The summed E-state index contributed by atoms with van der Waals surface area (Å²) < 4.78 is 0. The number of anilines is 1. The van der Waals surface area contributed by atoms with E-state index in [1.54, 1.807) is 0 Å². The molecule has 3 N–H and O–H groups in total. The van der Waals surface area contributed by atoms with Gasteiger partial charge in [-0.1, -0.05) is 25.1 Å². The SMILES string of the molecule is C[C@@H]1CC(C)(C)N([C@@H](C)C(=O)NN)c2ccccc21. The van der Waals surface area contributed by atoms with Gasteiger partial charge in [0.25, 0.3) is 5.91 Å². The van der Waals surface area contributed by atoms with Crippen LogP contribution in [0.3, 0.4) is 0 Å². The van der Waals surface area contributed by atoms with Crippen molar-refractivity contribution in [2.75, 3.05) is 4.90 Å². The summed E-state index contributed by atoms with van der Waals surface area (Å²) >= 11 is 0. The minimum Gasteiger partial charge on any atom is -0.354 e. The van der Waals surface area contributed by atoms with Crippen LogP contribution < -0.4 is 16.2 Å².